The summed E-state index contributed by atoms with van der Waals surface area (Å²) in [4.78, 5) is 0. The Balaban J connectivity index is 2.21. The molecule has 5 heteroatoms. The van der Waals surface area contributed by atoms with Crippen LogP contribution in [0.4, 0.5) is 14.5 Å². The molecule has 0 bridgehead atoms. The van der Waals surface area contributed by atoms with Crippen LogP contribution in [0.5, 0.6) is 0 Å². The number of halogens is 3. The molecule has 16 heavy (non-hydrogen) atoms. The molecule has 1 fully saturated rings. The minimum Gasteiger partial charge on any atom is -0.376 e. The summed E-state index contributed by atoms with van der Waals surface area (Å²) in [5, 5.41) is 3.01. The molecular formula is C11H12ClF2NO. The van der Waals surface area contributed by atoms with Gasteiger partial charge in [0.2, 0.25) is 0 Å². The first-order chi connectivity index (χ1) is 7.58. The SMILES string of the molecule is CC1OCCC1Nc1c(F)cc(F)cc1Cl. The number of hydrogen-bond acceptors (Lipinski definition) is 2. The van der Waals surface area contributed by atoms with Gasteiger partial charge in [-0.1, -0.05) is 11.6 Å². The minimum absolute atomic E-state index is 0.000481. The van der Waals surface area contributed by atoms with Gasteiger partial charge in [-0.15, -0.1) is 0 Å². The number of anilines is 1. The van der Waals surface area contributed by atoms with Crippen LogP contribution in [0, 0.1) is 11.6 Å². The smallest absolute Gasteiger partial charge is 0.150 e. The topological polar surface area (TPSA) is 21.3 Å². The molecule has 2 nitrogen and oxygen atoms in total. The largest absolute Gasteiger partial charge is 0.376 e. The summed E-state index contributed by atoms with van der Waals surface area (Å²) in [5.41, 5.74) is 0.144. The zero-order chi connectivity index (χ0) is 11.7. The van der Waals surface area contributed by atoms with Crippen LogP contribution in [0.3, 0.4) is 0 Å². The molecule has 0 spiro atoms. The zero-order valence-corrected chi connectivity index (χ0v) is 9.52. The maximum atomic E-state index is 13.5. The van der Waals surface area contributed by atoms with Crippen LogP contribution in [-0.2, 0) is 4.74 Å². The Morgan fingerprint density at radius 2 is 2.19 bits per heavy atom. The average molecular weight is 248 g/mol. The van der Waals surface area contributed by atoms with E-state index in [0.29, 0.717) is 6.61 Å². The molecule has 88 valence electrons. The van der Waals surface area contributed by atoms with Gasteiger partial charge in [-0.3, -0.25) is 0 Å². The maximum Gasteiger partial charge on any atom is 0.150 e. The lowest BCUT2D eigenvalue weighted by molar-refractivity contribution is 0.121. The summed E-state index contributed by atoms with van der Waals surface area (Å²) < 4.78 is 31.6. The molecule has 0 amide bonds. The Labute approximate surface area is 97.5 Å². The van der Waals surface area contributed by atoms with Gasteiger partial charge in [0.05, 0.1) is 22.9 Å². The van der Waals surface area contributed by atoms with E-state index in [0.717, 1.165) is 18.6 Å². The highest BCUT2D eigenvalue weighted by Crippen LogP contribution is 2.29. The third-order valence-corrected chi connectivity index (χ3v) is 3.01. The third kappa shape index (κ3) is 2.28. The molecule has 0 saturated carbocycles. The van der Waals surface area contributed by atoms with E-state index in [1.807, 2.05) is 6.92 Å². The van der Waals surface area contributed by atoms with Crippen LogP contribution in [0.1, 0.15) is 13.3 Å². The molecule has 2 unspecified atom stereocenters. The van der Waals surface area contributed by atoms with E-state index in [2.05, 4.69) is 5.32 Å². The number of benzene rings is 1. The van der Waals surface area contributed by atoms with Gasteiger partial charge < -0.3 is 10.1 Å². The maximum absolute atomic E-state index is 13.5. The van der Waals surface area contributed by atoms with Gasteiger partial charge in [0.15, 0.2) is 5.82 Å². The molecule has 1 aromatic carbocycles. The van der Waals surface area contributed by atoms with Gasteiger partial charge in [0.25, 0.3) is 0 Å². The fourth-order valence-electron chi connectivity index (χ4n) is 1.79. The number of ether oxygens (including phenoxy) is 1. The molecule has 2 atom stereocenters. The second-order valence-corrected chi connectivity index (χ2v) is 4.27. The lowest BCUT2D eigenvalue weighted by Crippen LogP contribution is -2.27. The highest BCUT2D eigenvalue weighted by atomic mass is 35.5. The number of hydrogen-bond donors (Lipinski definition) is 1. The molecule has 1 aliphatic heterocycles. The van der Waals surface area contributed by atoms with E-state index >= 15 is 0 Å². The lowest BCUT2D eigenvalue weighted by Gasteiger charge is -2.18. The number of nitrogens with one attached hydrogen (secondary N) is 1. The van der Waals surface area contributed by atoms with Crippen molar-refractivity contribution in [2.45, 2.75) is 25.5 Å². The molecule has 0 aliphatic carbocycles. The Kier molecular flexibility index (Phi) is 3.30. The van der Waals surface area contributed by atoms with Crippen LogP contribution in [0.15, 0.2) is 12.1 Å². The minimum atomic E-state index is -0.677. The first kappa shape index (κ1) is 11.6. The van der Waals surface area contributed by atoms with Crippen molar-refractivity contribution in [3.05, 3.63) is 28.8 Å². The van der Waals surface area contributed by atoms with Gasteiger partial charge in [-0.25, -0.2) is 8.78 Å². The van der Waals surface area contributed by atoms with E-state index in [-0.39, 0.29) is 22.9 Å². The quantitative estimate of drug-likeness (QED) is 0.867. The van der Waals surface area contributed by atoms with E-state index in [1.165, 1.54) is 0 Å². The third-order valence-electron chi connectivity index (χ3n) is 2.71. The van der Waals surface area contributed by atoms with Crippen molar-refractivity contribution in [1.29, 1.82) is 0 Å². The molecule has 0 aromatic heterocycles. The van der Waals surface area contributed by atoms with Crippen LogP contribution < -0.4 is 5.32 Å². The summed E-state index contributed by atoms with van der Waals surface area (Å²) in [6, 6.07) is 1.92. The first-order valence-corrected chi connectivity index (χ1v) is 5.48. The molecule has 1 aliphatic rings. The van der Waals surface area contributed by atoms with Crippen LogP contribution in [0.2, 0.25) is 5.02 Å². The standard InChI is InChI=1S/C11H12ClF2NO/c1-6-10(2-3-16-6)15-11-8(12)4-7(13)5-9(11)14/h4-6,10,15H,2-3H2,1H3. The molecule has 0 radical (unpaired) electrons. The fraction of sp³-hybridized carbons (Fsp3) is 0.455. The molecule has 1 aromatic rings. The molecule has 2 rings (SSSR count). The Morgan fingerprint density at radius 3 is 2.75 bits per heavy atom. The van der Waals surface area contributed by atoms with E-state index < -0.39 is 11.6 Å². The lowest BCUT2D eigenvalue weighted by atomic mass is 10.1. The van der Waals surface area contributed by atoms with Gasteiger partial charge in [0.1, 0.15) is 5.82 Å². The van der Waals surface area contributed by atoms with Crippen molar-refractivity contribution < 1.29 is 13.5 Å². The monoisotopic (exact) mass is 247 g/mol. The van der Waals surface area contributed by atoms with Crippen molar-refractivity contribution >= 4 is 17.3 Å². The first-order valence-electron chi connectivity index (χ1n) is 5.10. The number of rotatable bonds is 2. The second kappa shape index (κ2) is 4.55. The second-order valence-electron chi connectivity index (χ2n) is 3.86. The fourth-order valence-corrected chi connectivity index (χ4v) is 2.04. The Hall–Kier alpha value is -0.870. The highest BCUT2D eigenvalue weighted by molar-refractivity contribution is 6.33. The summed E-state index contributed by atoms with van der Waals surface area (Å²) in [6.07, 6.45) is 0.787. The van der Waals surface area contributed by atoms with Crippen LogP contribution >= 0.6 is 11.6 Å². The van der Waals surface area contributed by atoms with Crippen LogP contribution in [0.25, 0.3) is 0 Å². The van der Waals surface area contributed by atoms with Crippen molar-refractivity contribution in [2.75, 3.05) is 11.9 Å². The molecular weight excluding hydrogens is 236 g/mol. The van der Waals surface area contributed by atoms with Gasteiger partial charge in [0, 0.05) is 12.7 Å². The predicted octanol–water partition coefficient (Wildman–Crippen LogP) is 3.21. The predicted molar refractivity (Wildman–Crippen MR) is 58.8 cm³/mol. The van der Waals surface area contributed by atoms with Crippen molar-refractivity contribution in [2.24, 2.45) is 0 Å². The van der Waals surface area contributed by atoms with Crippen molar-refractivity contribution in [1.82, 2.24) is 0 Å². The summed E-state index contributed by atoms with van der Waals surface area (Å²) >= 11 is 5.78. The van der Waals surface area contributed by atoms with Crippen molar-refractivity contribution in [3.63, 3.8) is 0 Å². The summed E-state index contributed by atoms with van der Waals surface area (Å²) in [6.45, 7) is 2.54. The van der Waals surface area contributed by atoms with E-state index in [9.17, 15) is 8.78 Å². The van der Waals surface area contributed by atoms with Crippen LogP contribution in [-0.4, -0.2) is 18.8 Å². The Bertz CT molecular complexity index is 377. The summed E-state index contributed by atoms with van der Waals surface area (Å²) in [5.74, 6) is -1.35. The van der Waals surface area contributed by atoms with Gasteiger partial charge >= 0.3 is 0 Å². The van der Waals surface area contributed by atoms with Gasteiger partial charge in [-0.2, -0.15) is 0 Å². The zero-order valence-electron chi connectivity index (χ0n) is 8.77. The molecule has 1 heterocycles. The molecule has 1 N–H and O–H groups in total. The van der Waals surface area contributed by atoms with E-state index in [1.54, 1.807) is 0 Å². The normalized spacial score (nSPS) is 24.8. The highest BCUT2D eigenvalue weighted by Gasteiger charge is 2.25. The van der Waals surface area contributed by atoms with E-state index in [4.69, 9.17) is 16.3 Å². The Morgan fingerprint density at radius 1 is 1.44 bits per heavy atom. The molecule has 1 saturated heterocycles. The summed E-state index contributed by atoms with van der Waals surface area (Å²) in [7, 11) is 0. The van der Waals surface area contributed by atoms with Crippen molar-refractivity contribution in [3.8, 4) is 0 Å². The van der Waals surface area contributed by atoms with Gasteiger partial charge in [-0.05, 0) is 19.4 Å². The average Bonchev–Trinajstić information content (AvgIpc) is 2.57.